The average Bonchev–Trinajstić information content (AvgIpc) is 2.58. The van der Waals surface area contributed by atoms with Gasteiger partial charge in [0.2, 0.25) is 0 Å². The number of hydrogen-bond acceptors (Lipinski definition) is 4. The first-order valence-electron chi connectivity index (χ1n) is 8.23. The van der Waals surface area contributed by atoms with Gasteiger partial charge in [0.05, 0.1) is 21.8 Å². The van der Waals surface area contributed by atoms with Crippen LogP contribution in [0.1, 0.15) is 23.2 Å². The molecule has 5 nitrogen and oxygen atoms in total. The van der Waals surface area contributed by atoms with E-state index >= 15 is 0 Å². The number of amides is 1. The summed E-state index contributed by atoms with van der Waals surface area (Å²) < 4.78 is 64.7. The van der Waals surface area contributed by atoms with Gasteiger partial charge in [0.15, 0.2) is 27.3 Å². The lowest BCUT2D eigenvalue weighted by Crippen LogP contribution is -2.33. The Bertz CT molecular complexity index is 1020. The lowest BCUT2D eigenvalue weighted by atomic mass is 9.84. The summed E-state index contributed by atoms with van der Waals surface area (Å²) in [6.07, 6.45) is 0.238. The summed E-state index contributed by atoms with van der Waals surface area (Å²) in [5, 5.41) is 11.4. The average molecular weight is 434 g/mol. The standard InChI is InChI=1S/C18H15ClF3NO4S/c19-13-2-1-10(5-16(13)28(26,27)8-9-3-12(24)4-9)18(25)23-11-6-14(20)17(22)15(21)7-11/h1-2,5-7,9,12,24H,3-4,8H2,(H,23,25). The Morgan fingerprint density at radius 3 is 2.32 bits per heavy atom. The Morgan fingerprint density at radius 2 is 1.75 bits per heavy atom. The molecule has 0 saturated heterocycles. The molecule has 0 aliphatic heterocycles. The summed E-state index contributed by atoms with van der Waals surface area (Å²) in [4.78, 5) is 12.1. The Labute approximate surface area is 164 Å². The Hall–Kier alpha value is -2.10. The fourth-order valence-corrected chi connectivity index (χ4v) is 5.16. The van der Waals surface area contributed by atoms with Crippen molar-refractivity contribution in [3.05, 3.63) is 58.4 Å². The molecule has 28 heavy (non-hydrogen) atoms. The molecule has 1 fully saturated rings. The summed E-state index contributed by atoms with van der Waals surface area (Å²) in [6.45, 7) is 0. The minimum atomic E-state index is -3.82. The minimum Gasteiger partial charge on any atom is -0.393 e. The third-order valence-corrected chi connectivity index (χ3v) is 6.80. The molecule has 1 aliphatic rings. The SMILES string of the molecule is O=C(Nc1cc(F)c(F)c(F)c1)c1ccc(Cl)c(S(=O)(=O)CC2CC(O)C2)c1. The number of rotatable bonds is 5. The van der Waals surface area contributed by atoms with Crippen molar-refractivity contribution in [3.63, 3.8) is 0 Å². The number of carbonyl (C=O) groups is 1. The zero-order chi connectivity index (χ0) is 20.6. The third-order valence-electron chi connectivity index (χ3n) is 4.44. The van der Waals surface area contributed by atoms with Gasteiger partial charge < -0.3 is 10.4 Å². The van der Waals surface area contributed by atoms with Gasteiger partial charge in [0.1, 0.15) is 0 Å². The van der Waals surface area contributed by atoms with Crippen molar-refractivity contribution in [1.29, 1.82) is 0 Å². The maximum Gasteiger partial charge on any atom is 0.255 e. The molecule has 0 heterocycles. The molecule has 3 rings (SSSR count). The van der Waals surface area contributed by atoms with E-state index in [1.165, 1.54) is 12.1 Å². The molecule has 2 aromatic rings. The second-order valence-electron chi connectivity index (χ2n) is 6.63. The highest BCUT2D eigenvalue weighted by atomic mass is 35.5. The van der Waals surface area contributed by atoms with Gasteiger partial charge in [-0.15, -0.1) is 0 Å². The summed E-state index contributed by atoms with van der Waals surface area (Å²) in [5.41, 5.74) is -0.439. The highest BCUT2D eigenvalue weighted by Gasteiger charge is 2.33. The van der Waals surface area contributed by atoms with Gasteiger partial charge in [-0.25, -0.2) is 21.6 Å². The van der Waals surface area contributed by atoms with Crippen LogP contribution in [0.5, 0.6) is 0 Å². The topological polar surface area (TPSA) is 83.5 Å². The highest BCUT2D eigenvalue weighted by Crippen LogP contribution is 2.32. The first-order valence-corrected chi connectivity index (χ1v) is 10.3. The summed E-state index contributed by atoms with van der Waals surface area (Å²) >= 11 is 5.98. The molecule has 0 atom stereocenters. The van der Waals surface area contributed by atoms with Gasteiger partial charge in [0.25, 0.3) is 5.91 Å². The number of carbonyl (C=O) groups excluding carboxylic acids is 1. The maximum absolute atomic E-state index is 13.3. The summed E-state index contributed by atoms with van der Waals surface area (Å²) in [7, 11) is -3.82. The molecule has 1 amide bonds. The Balaban J connectivity index is 1.83. The van der Waals surface area contributed by atoms with Crippen LogP contribution >= 0.6 is 11.6 Å². The zero-order valence-electron chi connectivity index (χ0n) is 14.3. The number of halogens is 4. The molecule has 10 heteroatoms. The zero-order valence-corrected chi connectivity index (χ0v) is 15.8. The molecule has 0 radical (unpaired) electrons. The minimum absolute atomic E-state index is 0.0738. The van der Waals surface area contributed by atoms with E-state index in [1.807, 2.05) is 0 Å². The molecular weight excluding hydrogens is 419 g/mol. The van der Waals surface area contributed by atoms with Gasteiger partial charge in [0, 0.05) is 23.4 Å². The lowest BCUT2D eigenvalue weighted by molar-refractivity contribution is 0.0526. The fraction of sp³-hybridized carbons (Fsp3) is 0.278. The van der Waals surface area contributed by atoms with Crippen LogP contribution in [0.2, 0.25) is 5.02 Å². The molecular formula is C18H15ClF3NO4S. The van der Waals surface area contributed by atoms with Crippen molar-refractivity contribution < 1.29 is 31.5 Å². The fourth-order valence-electron chi connectivity index (χ4n) is 2.95. The van der Waals surface area contributed by atoms with Gasteiger partial charge in [-0.1, -0.05) is 11.6 Å². The molecule has 0 aromatic heterocycles. The van der Waals surface area contributed by atoms with E-state index in [0.29, 0.717) is 25.0 Å². The largest absolute Gasteiger partial charge is 0.393 e. The number of hydrogen-bond donors (Lipinski definition) is 2. The number of anilines is 1. The molecule has 2 aromatic carbocycles. The molecule has 1 aliphatic carbocycles. The Kier molecular flexibility index (Phi) is 5.69. The van der Waals surface area contributed by atoms with Crippen molar-refractivity contribution in [3.8, 4) is 0 Å². The number of nitrogens with one attached hydrogen (secondary N) is 1. The monoisotopic (exact) mass is 433 g/mol. The molecule has 0 bridgehead atoms. The van der Waals surface area contributed by atoms with E-state index in [4.69, 9.17) is 11.6 Å². The predicted molar refractivity (Wildman–Crippen MR) is 96.5 cm³/mol. The number of sulfone groups is 1. The van der Waals surface area contributed by atoms with Crippen molar-refractivity contribution >= 4 is 33.0 Å². The third kappa shape index (κ3) is 4.31. The maximum atomic E-state index is 13.3. The predicted octanol–water partition coefficient (Wildman–Crippen LogP) is 3.55. The first kappa shape index (κ1) is 20.6. The molecule has 0 unspecified atom stereocenters. The van der Waals surface area contributed by atoms with E-state index < -0.39 is 39.3 Å². The van der Waals surface area contributed by atoms with Crippen LogP contribution in [0.15, 0.2) is 35.2 Å². The van der Waals surface area contributed by atoms with Crippen LogP contribution in [0.25, 0.3) is 0 Å². The molecule has 1 saturated carbocycles. The second kappa shape index (κ2) is 7.73. The van der Waals surface area contributed by atoms with Crippen molar-refractivity contribution in [1.82, 2.24) is 0 Å². The van der Waals surface area contributed by atoms with E-state index in [9.17, 15) is 31.5 Å². The molecule has 0 spiro atoms. The second-order valence-corrected chi connectivity index (χ2v) is 9.04. The Morgan fingerprint density at radius 1 is 1.14 bits per heavy atom. The molecule has 150 valence electrons. The highest BCUT2D eigenvalue weighted by molar-refractivity contribution is 7.91. The molecule has 2 N–H and O–H groups in total. The van der Waals surface area contributed by atoms with Crippen LogP contribution in [0, 0.1) is 23.4 Å². The van der Waals surface area contributed by atoms with Gasteiger partial charge >= 0.3 is 0 Å². The van der Waals surface area contributed by atoms with Crippen LogP contribution in [0.3, 0.4) is 0 Å². The van der Waals surface area contributed by atoms with Crippen LogP contribution < -0.4 is 5.32 Å². The van der Waals surface area contributed by atoms with Crippen LogP contribution in [-0.4, -0.2) is 31.3 Å². The van der Waals surface area contributed by atoms with E-state index in [2.05, 4.69) is 5.32 Å². The van der Waals surface area contributed by atoms with Crippen LogP contribution in [-0.2, 0) is 9.84 Å². The van der Waals surface area contributed by atoms with Crippen molar-refractivity contribution in [2.45, 2.75) is 23.8 Å². The first-order chi connectivity index (χ1) is 13.1. The van der Waals surface area contributed by atoms with E-state index in [1.54, 1.807) is 0 Å². The van der Waals surface area contributed by atoms with Crippen molar-refractivity contribution in [2.24, 2.45) is 5.92 Å². The van der Waals surface area contributed by atoms with Gasteiger partial charge in [-0.2, -0.15) is 0 Å². The number of benzene rings is 2. The summed E-state index contributed by atoms with van der Waals surface area (Å²) in [5.74, 6) is -5.88. The van der Waals surface area contributed by atoms with Crippen LogP contribution in [0.4, 0.5) is 18.9 Å². The van der Waals surface area contributed by atoms with Gasteiger partial charge in [-0.05, 0) is 37.0 Å². The lowest BCUT2D eigenvalue weighted by Gasteiger charge is -2.31. The van der Waals surface area contributed by atoms with Gasteiger partial charge in [-0.3, -0.25) is 4.79 Å². The number of aliphatic hydroxyl groups excluding tert-OH is 1. The summed E-state index contributed by atoms with van der Waals surface area (Å²) in [6, 6.07) is 4.75. The van der Waals surface area contributed by atoms with Crippen molar-refractivity contribution in [2.75, 3.05) is 11.1 Å². The number of aliphatic hydroxyl groups is 1. The quantitative estimate of drug-likeness (QED) is 0.706. The van der Waals surface area contributed by atoms with E-state index in [0.717, 1.165) is 6.07 Å². The normalized spacial score (nSPS) is 19.2. The smallest absolute Gasteiger partial charge is 0.255 e. The van der Waals surface area contributed by atoms with E-state index in [-0.39, 0.29) is 32.8 Å².